The summed E-state index contributed by atoms with van der Waals surface area (Å²) < 4.78 is 4.98. The number of hydrogen-bond acceptors (Lipinski definition) is 3. The summed E-state index contributed by atoms with van der Waals surface area (Å²) in [5, 5.41) is 12.4. The molecular formula is C12H16ClNO3. The minimum atomic E-state index is -1.02. The van der Waals surface area contributed by atoms with Crippen molar-refractivity contribution in [3.8, 4) is 0 Å². The lowest BCUT2D eigenvalue weighted by molar-refractivity contribution is 0.0697. The van der Waals surface area contributed by atoms with Crippen LogP contribution >= 0.6 is 11.6 Å². The Kier molecular flexibility index (Phi) is 5.25. The minimum Gasteiger partial charge on any atom is -0.478 e. The Morgan fingerprint density at radius 2 is 2.29 bits per heavy atom. The van der Waals surface area contributed by atoms with E-state index in [0.717, 1.165) is 12.1 Å². The summed E-state index contributed by atoms with van der Waals surface area (Å²) in [6.07, 6.45) is 0.849. The van der Waals surface area contributed by atoms with Crippen LogP contribution in [0, 0.1) is 0 Å². The number of carboxylic acids is 1. The molecule has 0 saturated heterocycles. The predicted octanol–water partition coefficient (Wildman–Crippen LogP) is 2.88. The van der Waals surface area contributed by atoms with Crippen LogP contribution in [0.25, 0.3) is 0 Å². The van der Waals surface area contributed by atoms with Crippen molar-refractivity contribution in [3.63, 3.8) is 0 Å². The maximum atomic E-state index is 10.9. The summed E-state index contributed by atoms with van der Waals surface area (Å²) in [5.41, 5.74) is 0.853. The third-order valence-corrected chi connectivity index (χ3v) is 2.69. The SMILES string of the molecule is COCCC(C)Nc1ccc(Cl)c(C(=O)O)c1. The van der Waals surface area contributed by atoms with Crippen molar-refractivity contribution in [3.05, 3.63) is 28.8 Å². The number of nitrogens with one attached hydrogen (secondary N) is 1. The molecule has 1 aromatic rings. The largest absolute Gasteiger partial charge is 0.478 e. The number of benzene rings is 1. The molecule has 0 heterocycles. The Hall–Kier alpha value is -1.26. The maximum Gasteiger partial charge on any atom is 0.337 e. The molecule has 0 aliphatic heterocycles. The van der Waals surface area contributed by atoms with Crippen molar-refractivity contribution in [2.24, 2.45) is 0 Å². The molecule has 1 unspecified atom stereocenters. The van der Waals surface area contributed by atoms with Crippen LogP contribution in [-0.4, -0.2) is 30.8 Å². The molecule has 94 valence electrons. The highest BCUT2D eigenvalue weighted by Gasteiger charge is 2.10. The van der Waals surface area contributed by atoms with E-state index in [-0.39, 0.29) is 16.6 Å². The Morgan fingerprint density at radius 1 is 1.59 bits per heavy atom. The van der Waals surface area contributed by atoms with E-state index in [1.165, 1.54) is 6.07 Å². The van der Waals surface area contributed by atoms with Crippen LogP contribution in [0.2, 0.25) is 5.02 Å². The summed E-state index contributed by atoms with van der Waals surface area (Å²) in [5.74, 6) is -1.02. The molecule has 4 nitrogen and oxygen atoms in total. The van der Waals surface area contributed by atoms with Crippen molar-refractivity contribution in [2.45, 2.75) is 19.4 Å². The maximum absolute atomic E-state index is 10.9. The van der Waals surface area contributed by atoms with Crippen LogP contribution in [0.5, 0.6) is 0 Å². The highest BCUT2D eigenvalue weighted by atomic mass is 35.5. The number of carboxylic acid groups (broad SMARTS) is 1. The predicted molar refractivity (Wildman–Crippen MR) is 68.0 cm³/mol. The lowest BCUT2D eigenvalue weighted by Gasteiger charge is -2.15. The fourth-order valence-corrected chi connectivity index (χ4v) is 1.63. The molecule has 0 saturated carbocycles. The smallest absolute Gasteiger partial charge is 0.337 e. The van der Waals surface area contributed by atoms with Crippen LogP contribution < -0.4 is 5.32 Å². The molecule has 17 heavy (non-hydrogen) atoms. The van der Waals surface area contributed by atoms with Crippen LogP contribution in [0.1, 0.15) is 23.7 Å². The van der Waals surface area contributed by atoms with E-state index in [9.17, 15) is 4.79 Å². The van der Waals surface area contributed by atoms with Crippen molar-refractivity contribution in [1.29, 1.82) is 0 Å². The normalized spacial score (nSPS) is 12.2. The number of halogens is 1. The van der Waals surface area contributed by atoms with Crippen LogP contribution in [-0.2, 0) is 4.74 Å². The quantitative estimate of drug-likeness (QED) is 0.823. The number of aromatic carboxylic acids is 1. The van der Waals surface area contributed by atoms with Gasteiger partial charge in [0.1, 0.15) is 0 Å². The molecule has 0 aromatic heterocycles. The van der Waals surface area contributed by atoms with Gasteiger partial charge in [0, 0.05) is 25.4 Å². The molecule has 1 atom stereocenters. The van der Waals surface area contributed by atoms with Gasteiger partial charge in [0.15, 0.2) is 0 Å². The molecule has 0 amide bonds. The third kappa shape index (κ3) is 4.24. The van der Waals surface area contributed by atoms with E-state index in [0.29, 0.717) is 6.61 Å². The van der Waals surface area contributed by atoms with Gasteiger partial charge in [-0.25, -0.2) is 4.79 Å². The second kappa shape index (κ2) is 6.47. The van der Waals surface area contributed by atoms with Gasteiger partial charge in [-0.2, -0.15) is 0 Å². The van der Waals surface area contributed by atoms with Crippen molar-refractivity contribution < 1.29 is 14.6 Å². The first kappa shape index (κ1) is 13.8. The molecule has 1 aromatic carbocycles. The Bertz CT molecular complexity index is 395. The second-order valence-corrected chi connectivity index (χ2v) is 4.23. The molecular weight excluding hydrogens is 242 g/mol. The van der Waals surface area contributed by atoms with E-state index in [1.807, 2.05) is 6.92 Å². The molecule has 0 aliphatic rings. The first-order chi connectivity index (χ1) is 8.04. The standard InChI is InChI=1S/C12H16ClNO3/c1-8(5-6-17-2)14-9-3-4-11(13)10(7-9)12(15)16/h3-4,7-8,14H,5-6H2,1-2H3,(H,15,16). The molecule has 1 rings (SSSR count). The van der Waals surface area contributed by atoms with Gasteiger partial charge >= 0.3 is 5.97 Å². The summed E-state index contributed by atoms with van der Waals surface area (Å²) in [7, 11) is 1.65. The van der Waals surface area contributed by atoms with E-state index in [1.54, 1.807) is 19.2 Å². The van der Waals surface area contributed by atoms with E-state index >= 15 is 0 Å². The van der Waals surface area contributed by atoms with Gasteiger partial charge in [0.2, 0.25) is 0 Å². The van der Waals surface area contributed by atoms with Gasteiger partial charge in [-0.15, -0.1) is 0 Å². The van der Waals surface area contributed by atoms with Gasteiger partial charge in [0.25, 0.3) is 0 Å². The molecule has 0 fully saturated rings. The second-order valence-electron chi connectivity index (χ2n) is 3.83. The molecule has 2 N–H and O–H groups in total. The van der Waals surface area contributed by atoms with Gasteiger partial charge in [-0.05, 0) is 31.5 Å². The number of rotatable bonds is 6. The fraction of sp³-hybridized carbons (Fsp3) is 0.417. The van der Waals surface area contributed by atoms with Crippen molar-refractivity contribution in [1.82, 2.24) is 0 Å². The third-order valence-electron chi connectivity index (χ3n) is 2.36. The summed E-state index contributed by atoms with van der Waals surface area (Å²) >= 11 is 5.78. The highest BCUT2D eigenvalue weighted by molar-refractivity contribution is 6.33. The molecule has 0 spiro atoms. The van der Waals surface area contributed by atoms with Gasteiger partial charge < -0.3 is 15.2 Å². The number of ether oxygens (including phenoxy) is 1. The van der Waals surface area contributed by atoms with Crippen molar-refractivity contribution >= 4 is 23.3 Å². The van der Waals surface area contributed by atoms with Crippen LogP contribution in [0.15, 0.2) is 18.2 Å². The number of anilines is 1. The van der Waals surface area contributed by atoms with Gasteiger partial charge in [0.05, 0.1) is 10.6 Å². The zero-order valence-corrected chi connectivity index (χ0v) is 10.6. The summed E-state index contributed by atoms with van der Waals surface area (Å²) in [6, 6.07) is 5.08. The van der Waals surface area contributed by atoms with E-state index in [4.69, 9.17) is 21.4 Å². The van der Waals surface area contributed by atoms with Gasteiger partial charge in [-0.3, -0.25) is 0 Å². The average molecular weight is 258 g/mol. The lowest BCUT2D eigenvalue weighted by Crippen LogP contribution is -2.17. The number of hydrogen-bond donors (Lipinski definition) is 2. The molecule has 5 heteroatoms. The molecule has 0 bridgehead atoms. The van der Waals surface area contributed by atoms with Crippen LogP contribution in [0.4, 0.5) is 5.69 Å². The van der Waals surface area contributed by atoms with E-state index in [2.05, 4.69) is 5.32 Å². The topological polar surface area (TPSA) is 58.6 Å². The summed E-state index contributed by atoms with van der Waals surface area (Å²) in [6.45, 7) is 2.67. The summed E-state index contributed by atoms with van der Waals surface area (Å²) in [4.78, 5) is 10.9. The molecule has 0 radical (unpaired) electrons. The molecule has 0 aliphatic carbocycles. The monoisotopic (exact) mass is 257 g/mol. The van der Waals surface area contributed by atoms with Crippen molar-refractivity contribution in [2.75, 3.05) is 19.0 Å². The number of methoxy groups -OCH3 is 1. The zero-order chi connectivity index (χ0) is 12.8. The fourth-order valence-electron chi connectivity index (χ4n) is 1.43. The first-order valence-corrected chi connectivity index (χ1v) is 5.70. The number of carbonyl (C=O) groups is 1. The lowest BCUT2D eigenvalue weighted by atomic mass is 10.1. The highest BCUT2D eigenvalue weighted by Crippen LogP contribution is 2.21. The first-order valence-electron chi connectivity index (χ1n) is 5.33. The minimum absolute atomic E-state index is 0.107. The Morgan fingerprint density at radius 3 is 2.88 bits per heavy atom. The van der Waals surface area contributed by atoms with E-state index < -0.39 is 5.97 Å². The van der Waals surface area contributed by atoms with Crippen LogP contribution in [0.3, 0.4) is 0 Å². The Balaban J connectivity index is 2.72. The average Bonchev–Trinajstić information content (AvgIpc) is 2.28. The zero-order valence-electron chi connectivity index (χ0n) is 9.87. The van der Waals surface area contributed by atoms with Gasteiger partial charge in [-0.1, -0.05) is 11.6 Å². The Labute approximate surface area is 106 Å².